The molecule has 0 radical (unpaired) electrons. The minimum absolute atomic E-state index is 0.469. The molecule has 8 aromatic carbocycles. The summed E-state index contributed by atoms with van der Waals surface area (Å²) in [6, 6.07) is 60.2. The topological polar surface area (TPSA) is 3.24 Å². The molecule has 8 aromatic rings. The number of anilines is 3. The van der Waals surface area contributed by atoms with Gasteiger partial charge < -0.3 is 4.90 Å². The second-order valence-corrected chi connectivity index (χ2v) is 13.8. The first-order chi connectivity index (χ1) is 25.1. The van der Waals surface area contributed by atoms with Crippen LogP contribution in [0.3, 0.4) is 0 Å². The third kappa shape index (κ3) is 5.62. The van der Waals surface area contributed by atoms with Gasteiger partial charge in [0.1, 0.15) is 0 Å². The lowest BCUT2D eigenvalue weighted by molar-refractivity contribution is 0.758. The van der Waals surface area contributed by atoms with Crippen molar-refractivity contribution in [1.29, 1.82) is 0 Å². The van der Waals surface area contributed by atoms with Crippen molar-refractivity contribution in [2.45, 2.75) is 20.3 Å². The summed E-state index contributed by atoms with van der Waals surface area (Å²) in [6.45, 7) is 4.58. The average Bonchev–Trinajstić information content (AvgIpc) is 3.19. The Morgan fingerprint density at radius 1 is 0.490 bits per heavy atom. The standard InChI is InChI=1S/C50H39N/c1-34-13-9-11-19-44(34)48-32-42(26-21-35(48)2)51(43-27-29-45(36-14-5-3-6-15-36)49(33-43)37-16-7-4-8-17-37)41-28-30-47-40(31-41)25-24-39-23-22-38-18-10-12-20-46(38)50(39)47/h3-12,14-34H,13H2,1-2H3. The molecule has 1 aliphatic rings. The molecule has 0 saturated carbocycles. The first-order valence-corrected chi connectivity index (χ1v) is 18.0. The molecule has 0 N–H and O–H groups in total. The minimum atomic E-state index is 0.469. The van der Waals surface area contributed by atoms with E-state index in [1.54, 1.807) is 0 Å². The monoisotopic (exact) mass is 653 g/mol. The SMILES string of the molecule is Cc1ccc(N(c2ccc(-c3ccccc3)c(-c3ccccc3)c2)c2ccc3c(ccc4ccc5ccccc5c43)c2)cc1C1=CC=CCC1C. The first kappa shape index (κ1) is 30.8. The molecule has 1 atom stereocenters. The molecule has 1 unspecified atom stereocenters. The van der Waals surface area contributed by atoms with Crippen molar-refractivity contribution in [3.63, 3.8) is 0 Å². The third-order valence-electron chi connectivity index (χ3n) is 10.6. The molecule has 0 bridgehead atoms. The van der Waals surface area contributed by atoms with Crippen LogP contribution in [0.4, 0.5) is 17.1 Å². The average molecular weight is 654 g/mol. The summed E-state index contributed by atoms with van der Waals surface area (Å²) < 4.78 is 0. The van der Waals surface area contributed by atoms with E-state index in [9.17, 15) is 0 Å². The minimum Gasteiger partial charge on any atom is -0.310 e. The predicted octanol–water partition coefficient (Wildman–Crippen LogP) is 14.2. The molecule has 0 saturated heterocycles. The Balaban J connectivity index is 1.28. The van der Waals surface area contributed by atoms with Gasteiger partial charge in [-0.2, -0.15) is 0 Å². The van der Waals surface area contributed by atoms with Gasteiger partial charge in [-0.25, -0.2) is 0 Å². The maximum Gasteiger partial charge on any atom is 0.0468 e. The molecule has 0 aliphatic heterocycles. The number of rotatable bonds is 6. The highest BCUT2D eigenvalue weighted by molar-refractivity contribution is 6.20. The zero-order valence-electron chi connectivity index (χ0n) is 29.1. The fraction of sp³-hybridized carbons (Fsp3) is 0.0800. The van der Waals surface area contributed by atoms with Crippen molar-refractivity contribution in [1.82, 2.24) is 0 Å². The molecular weight excluding hydrogens is 615 g/mol. The molecule has 0 aromatic heterocycles. The Labute approximate surface area is 300 Å². The second kappa shape index (κ2) is 12.9. The van der Waals surface area contributed by atoms with Crippen molar-refractivity contribution in [2.24, 2.45) is 5.92 Å². The van der Waals surface area contributed by atoms with Crippen LogP contribution in [0.15, 0.2) is 182 Å². The lowest BCUT2D eigenvalue weighted by atomic mass is 9.86. The molecule has 1 aliphatic carbocycles. The van der Waals surface area contributed by atoms with E-state index in [0.29, 0.717) is 5.92 Å². The zero-order chi connectivity index (χ0) is 34.3. The molecule has 0 fully saturated rings. The lowest BCUT2D eigenvalue weighted by Crippen LogP contribution is -2.12. The summed E-state index contributed by atoms with van der Waals surface area (Å²) in [7, 11) is 0. The van der Waals surface area contributed by atoms with Crippen molar-refractivity contribution in [2.75, 3.05) is 4.90 Å². The summed E-state index contributed by atoms with van der Waals surface area (Å²) in [5.41, 5.74) is 12.3. The van der Waals surface area contributed by atoms with Crippen molar-refractivity contribution >= 4 is 55.0 Å². The molecule has 51 heavy (non-hydrogen) atoms. The van der Waals surface area contributed by atoms with Gasteiger partial charge in [0.05, 0.1) is 0 Å². The van der Waals surface area contributed by atoms with E-state index >= 15 is 0 Å². The van der Waals surface area contributed by atoms with Crippen LogP contribution in [0.2, 0.25) is 0 Å². The fourth-order valence-corrected chi connectivity index (χ4v) is 7.97. The van der Waals surface area contributed by atoms with Crippen molar-refractivity contribution < 1.29 is 0 Å². The van der Waals surface area contributed by atoms with Crippen LogP contribution >= 0.6 is 0 Å². The lowest BCUT2D eigenvalue weighted by Gasteiger charge is -2.29. The molecule has 0 amide bonds. The van der Waals surface area contributed by atoms with Crippen LogP contribution < -0.4 is 4.90 Å². The second-order valence-electron chi connectivity index (χ2n) is 13.8. The highest BCUT2D eigenvalue weighted by Gasteiger charge is 2.20. The van der Waals surface area contributed by atoms with Crippen LogP contribution in [0.1, 0.15) is 24.5 Å². The smallest absolute Gasteiger partial charge is 0.0468 e. The van der Waals surface area contributed by atoms with E-state index in [-0.39, 0.29) is 0 Å². The molecule has 1 nitrogen and oxygen atoms in total. The summed E-state index contributed by atoms with van der Waals surface area (Å²) >= 11 is 0. The molecule has 9 rings (SSSR count). The normalized spacial score (nSPS) is 14.2. The van der Waals surface area contributed by atoms with Gasteiger partial charge in [-0.15, -0.1) is 0 Å². The Kier molecular flexibility index (Phi) is 7.82. The van der Waals surface area contributed by atoms with Gasteiger partial charge in [-0.05, 0) is 127 Å². The number of benzene rings is 8. The van der Waals surface area contributed by atoms with E-state index in [1.165, 1.54) is 71.3 Å². The fourth-order valence-electron chi connectivity index (χ4n) is 7.97. The number of hydrogen-bond donors (Lipinski definition) is 0. The van der Waals surface area contributed by atoms with Crippen molar-refractivity contribution in [3.8, 4) is 22.3 Å². The Hall–Kier alpha value is -6.18. The molecule has 0 heterocycles. The molecule has 1 heteroatoms. The van der Waals surface area contributed by atoms with Gasteiger partial charge in [0, 0.05) is 17.1 Å². The van der Waals surface area contributed by atoms with Gasteiger partial charge in [-0.3, -0.25) is 0 Å². The van der Waals surface area contributed by atoms with E-state index in [2.05, 4.69) is 201 Å². The van der Waals surface area contributed by atoms with Gasteiger partial charge in [-0.1, -0.05) is 153 Å². The van der Waals surface area contributed by atoms with E-state index < -0.39 is 0 Å². The number of fused-ring (bicyclic) bond motifs is 5. The quantitative estimate of drug-likeness (QED) is 0.161. The first-order valence-electron chi connectivity index (χ1n) is 18.0. The predicted molar refractivity (Wildman–Crippen MR) is 220 cm³/mol. The Morgan fingerprint density at radius 3 is 1.84 bits per heavy atom. The van der Waals surface area contributed by atoms with Crippen LogP contribution in [0.5, 0.6) is 0 Å². The van der Waals surface area contributed by atoms with Crippen LogP contribution in [-0.4, -0.2) is 0 Å². The highest BCUT2D eigenvalue weighted by atomic mass is 15.1. The van der Waals surface area contributed by atoms with E-state index in [4.69, 9.17) is 0 Å². The van der Waals surface area contributed by atoms with E-state index in [0.717, 1.165) is 23.5 Å². The molecule has 0 spiro atoms. The number of aryl methyl sites for hydroxylation is 1. The summed E-state index contributed by atoms with van der Waals surface area (Å²) in [5, 5.41) is 7.64. The van der Waals surface area contributed by atoms with E-state index in [1.807, 2.05) is 0 Å². The number of allylic oxidation sites excluding steroid dienone is 4. The largest absolute Gasteiger partial charge is 0.310 e. The number of nitrogens with zero attached hydrogens (tertiary/aromatic N) is 1. The third-order valence-corrected chi connectivity index (χ3v) is 10.6. The molecular formula is C50H39N. The van der Waals surface area contributed by atoms with Crippen LogP contribution in [0.25, 0.3) is 60.1 Å². The highest BCUT2D eigenvalue weighted by Crippen LogP contribution is 2.44. The zero-order valence-corrected chi connectivity index (χ0v) is 29.1. The Morgan fingerprint density at radius 2 is 1.08 bits per heavy atom. The van der Waals surface area contributed by atoms with Gasteiger partial charge >= 0.3 is 0 Å². The maximum atomic E-state index is 2.45. The molecule has 244 valence electrons. The van der Waals surface area contributed by atoms with Crippen LogP contribution in [0, 0.1) is 12.8 Å². The van der Waals surface area contributed by atoms with Crippen molar-refractivity contribution in [3.05, 3.63) is 193 Å². The van der Waals surface area contributed by atoms with Gasteiger partial charge in [0.15, 0.2) is 0 Å². The Bertz CT molecular complexity index is 2630. The maximum absolute atomic E-state index is 2.45. The summed E-state index contributed by atoms with van der Waals surface area (Å²) in [6.07, 6.45) is 7.86. The number of hydrogen-bond acceptors (Lipinski definition) is 1. The van der Waals surface area contributed by atoms with Crippen LogP contribution in [-0.2, 0) is 0 Å². The van der Waals surface area contributed by atoms with Gasteiger partial charge in [0.2, 0.25) is 0 Å². The summed E-state index contributed by atoms with van der Waals surface area (Å²) in [4.78, 5) is 2.45. The van der Waals surface area contributed by atoms with Gasteiger partial charge in [0.25, 0.3) is 0 Å². The summed E-state index contributed by atoms with van der Waals surface area (Å²) in [5.74, 6) is 0.469.